The Morgan fingerprint density at radius 3 is 1.40 bits per heavy atom. The first-order valence-electron chi connectivity index (χ1n) is 8.75. The van der Waals surface area contributed by atoms with Gasteiger partial charge in [0, 0.05) is 5.54 Å². The Kier molecular flexibility index (Phi) is 5.47. The summed E-state index contributed by atoms with van der Waals surface area (Å²) in [5, 5.41) is 0. The van der Waals surface area contributed by atoms with Gasteiger partial charge in [0.05, 0.1) is 0 Å². The molecule has 1 heteroatoms. The van der Waals surface area contributed by atoms with Crippen LogP contribution in [0, 0.1) is 0 Å². The molecular weight excluding hydrogens is 302 g/mol. The van der Waals surface area contributed by atoms with E-state index in [4.69, 9.17) is 5.73 Å². The van der Waals surface area contributed by atoms with Gasteiger partial charge in [-0.25, -0.2) is 0 Å². The lowest BCUT2D eigenvalue weighted by Gasteiger charge is -2.33. The van der Waals surface area contributed by atoms with Crippen LogP contribution < -0.4 is 5.73 Å². The Hall–Kier alpha value is -2.64. The normalized spacial score (nSPS) is 11.2. The Labute approximate surface area is 150 Å². The maximum Gasteiger partial charge on any atom is 0.0451 e. The molecule has 0 heterocycles. The molecule has 3 rings (SSSR count). The molecule has 0 amide bonds. The molecule has 0 spiro atoms. The van der Waals surface area contributed by atoms with E-state index in [-0.39, 0.29) is 0 Å². The third kappa shape index (κ3) is 4.68. The van der Waals surface area contributed by atoms with Crippen molar-refractivity contribution in [3.8, 4) is 0 Å². The molecule has 0 unspecified atom stereocenters. The molecule has 2 N–H and O–H groups in total. The summed E-state index contributed by atoms with van der Waals surface area (Å²) in [4.78, 5) is 0. The van der Waals surface area contributed by atoms with Crippen molar-refractivity contribution in [1.82, 2.24) is 0 Å². The summed E-state index contributed by atoms with van der Waals surface area (Å²) in [6, 6.07) is 31.4. The van der Waals surface area contributed by atoms with Gasteiger partial charge in [-0.2, -0.15) is 0 Å². The second-order valence-corrected chi connectivity index (χ2v) is 6.75. The fourth-order valence-electron chi connectivity index (χ4n) is 3.25. The average molecular weight is 327 g/mol. The van der Waals surface area contributed by atoms with Crippen LogP contribution in [0.5, 0.6) is 0 Å². The molecule has 25 heavy (non-hydrogen) atoms. The molecule has 1 nitrogen and oxygen atoms in total. The summed E-state index contributed by atoms with van der Waals surface area (Å²) in [5.41, 5.74) is 11.3. The van der Waals surface area contributed by atoms with Crippen LogP contribution in [0.15, 0.2) is 103 Å². The third-order valence-electron chi connectivity index (χ3n) is 4.69. The monoisotopic (exact) mass is 327 g/mol. The van der Waals surface area contributed by atoms with Crippen LogP contribution in [0.1, 0.15) is 16.7 Å². The van der Waals surface area contributed by atoms with Gasteiger partial charge in [0.15, 0.2) is 0 Å². The lowest BCUT2D eigenvalue weighted by atomic mass is 9.78. The Balaban J connectivity index is 1.86. The van der Waals surface area contributed by atoms with E-state index in [2.05, 4.69) is 79.4 Å². The van der Waals surface area contributed by atoms with Crippen LogP contribution in [0.4, 0.5) is 0 Å². The summed E-state index contributed by atoms with van der Waals surface area (Å²) in [7, 11) is 0. The Morgan fingerprint density at radius 1 is 0.640 bits per heavy atom. The molecule has 3 aromatic rings. The highest BCUT2D eigenvalue weighted by molar-refractivity contribution is 5.33. The van der Waals surface area contributed by atoms with E-state index >= 15 is 0 Å². The van der Waals surface area contributed by atoms with Crippen molar-refractivity contribution in [2.45, 2.75) is 24.8 Å². The average Bonchev–Trinajstić information content (AvgIpc) is 2.64. The van der Waals surface area contributed by atoms with Gasteiger partial charge in [-0.1, -0.05) is 103 Å². The zero-order valence-electron chi connectivity index (χ0n) is 14.6. The maximum absolute atomic E-state index is 6.95. The molecule has 0 aliphatic heterocycles. The zero-order chi connectivity index (χ0) is 17.5. The smallest absolute Gasteiger partial charge is 0.0451 e. The van der Waals surface area contributed by atoms with Crippen LogP contribution in [0.25, 0.3) is 0 Å². The van der Waals surface area contributed by atoms with Gasteiger partial charge in [0.25, 0.3) is 0 Å². The van der Waals surface area contributed by atoms with Crippen molar-refractivity contribution in [2.75, 3.05) is 0 Å². The minimum absolute atomic E-state index is 0.474. The van der Waals surface area contributed by atoms with E-state index in [9.17, 15) is 0 Å². The van der Waals surface area contributed by atoms with E-state index in [0.717, 1.165) is 24.8 Å². The molecule has 0 radical (unpaired) electrons. The van der Waals surface area contributed by atoms with Gasteiger partial charge in [-0.15, -0.1) is 0 Å². The zero-order valence-corrected chi connectivity index (χ0v) is 14.6. The summed E-state index contributed by atoms with van der Waals surface area (Å²) < 4.78 is 0. The third-order valence-corrected chi connectivity index (χ3v) is 4.69. The first-order valence-corrected chi connectivity index (χ1v) is 8.75. The van der Waals surface area contributed by atoms with Gasteiger partial charge >= 0.3 is 0 Å². The van der Waals surface area contributed by atoms with Crippen LogP contribution >= 0.6 is 0 Å². The lowest BCUT2D eigenvalue weighted by molar-refractivity contribution is 0.483. The summed E-state index contributed by atoms with van der Waals surface area (Å²) in [5.74, 6) is 0. The molecule has 126 valence electrons. The van der Waals surface area contributed by atoms with E-state index in [1.54, 1.807) is 0 Å². The van der Waals surface area contributed by atoms with Crippen LogP contribution in [0.3, 0.4) is 0 Å². The van der Waals surface area contributed by atoms with Crippen LogP contribution in [-0.2, 0) is 19.3 Å². The molecule has 0 saturated carbocycles. The van der Waals surface area contributed by atoms with Crippen LogP contribution in [0.2, 0.25) is 0 Å². The number of rotatable bonds is 7. The predicted octanol–water partition coefficient (Wildman–Crippen LogP) is 4.97. The van der Waals surface area contributed by atoms with E-state index in [0.29, 0.717) is 0 Å². The Morgan fingerprint density at radius 2 is 1.00 bits per heavy atom. The molecule has 0 atom stereocenters. The van der Waals surface area contributed by atoms with Gasteiger partial charge in [0.1, 0.15) is 0 Å². The maximum atomic E-state index is 6.95. The van der Waals surface area contributed by atoms with E-state index in [1.165, 1.54) is 16.7 Å². The fraction of sp³-hybridized carbons (Fsp3) is 0.167. The predicted molar refractivity (Wildman–Crippen MR) is 106 cm³/mol. The minimum Gasteiger partial charge on any atom is -0.321 e. The van der Waals surface area contributed by atoms with Crippen molar-refractivity contribution >= 4 is 0 Å². The van der Waals surface area contributed by atoms with Gasteiger partial charge in [-0.3, -0.25) is 0 Å². The number of hydrogen-bond acceptors (Lipinski definition) is 1. The largest absolute Gasteiger partial charge is 0.321 e. The first-order chi connectivity index (χ1) is 12.2. The topological polar surface area (TPSA) is 26.0 Å². The standard InChI is InChI=1S/C24H25N/c1-20(17-21-11-5-2-6-12-21)24(25,18-22-13-7-3-8-14-22)19-23-15-9-4-10-16-23/h2-16H,1,17-19,25H2. The molecule has 0 aromatic heterocycles. The van der Waals surface area contributed by atoms with E-state index < -0.39 is 5.54 Å². The van der Waals surface area contributed by atoms with Crippen molar-refractivity contribution in [3.05, 3.63) is 120 Å². The lowest BCUT2D eigenvalue weighted by Crippen LogP contribution is -2.46. The fourth-order valence-corrected chi connectivity index (χ4v) is 3.25. The van der Waals surface area contributed by atoms with E-state index in [1.807, 2.05) is 18.2 Å². The van der Waals surface area contributed by atoms with Gasteiger partial charge in [0.2, 0.25) is 0 Å². The summed E-state index contributed by atoms with van der Waals surface area (Å²) in [6.45, 7) is 4.39. The molecule has 0 bridgehead atoms. The molecular formula is C24H25N. The highest BCUT2D eigenvalue weighted by Gasteiger charge is 2.29. The van der Waals surface area contributed by atoms with Crippen molar-refractivity contribution in [3.63, 3.8) is 0 Å². The van der Waals surface area contributed by atoms with Crippen molar-refractivity contribution in [1.29, 1.82) is 0 Å². The first kappa shape index (κ1) is 17.2. The minimum atomic E-state index is -0.474. The van der Waals surface area contributed by atoms with Crippen molar-refractivity contribution < 1.29 is 0 Å². The van der Waals surface area contributed by atoms with Gasteiger partial charge in [-0.05, 0) is 36.0 Å². The quantitative estimate of drug-likeness (QED) is 0.609. The molecule has 0 fully saturated rings. The molecule has 0 aliphatic carbocycles. The number of benzene rings is 3. The summed E-state index contributed by atoms with van der Waals surface area (Å²) in [6.07, 6.45) is 2.37. The van der Waals surface area contributed by atoms with Gasteiger partial charge < -0.3 is 5.73 Å². The SMILES string of the molecule is C=C(Cc1ccccc1)C(N)(Cc1ccccc1)Cc1ccccc1. The Bertz CT molecular complexity index is 750. The second kappa shape index (κ2) is 7.96. The number of nitrogens with two attached hydrogens (primary N) is 1. The molecule has 0 saturated heterocycles. The molecule has 3 aromatic carbocycles. The van der Waals surface area contributed by atoms with Crippen molar-refractivity contribution in [2.24, 2.45) is 5.73 Å². The highest BCUT2D eigenvalue weighted by Crippen LogP contribution is 2.26. The highest BCUT2D eigenvalue weighted by atomic mass is 14.7. The summed E-state index contributed by atoms with van der Waals surface area (Å²) >= 11 is 0. The molecule has 0 aliphatic rings. The second-order valence-electron chi connectivity index (χ2n) is 6.75. The number of hydrogen-bond donors (Lipinski definition) is 1. The van der Waals surface area contributed by atoms with Crippen LogP contribution in [-0.4, -0.2) is 5.54 Å².